The molecule has 3 heteroatoms. The van der Waals surface area contributed by atoms with Gasteiger partial charge < -0.3 is 4.74 Å². The third kappa shape index (κ3) is 4.34. The lowest BCUT2D eigenvalue weighted by molar-refractivity contribution is -0.148. The van der Waals surface area contributed by atoms with Gasteiger partial charge in [0, 0.05) is 25.6 Å². The Morgan fingerprint density at radius 3 is 2.38 bits per heavy atom. The van der Waals surface area contributed by atoms with Crippen LogP contribution in [0.4, 0.5) is 0 Å². The summed E-state index contributed by atoms with van der Waals surface area (Å²) in [6.45, 7) is 9.23. The van der Waals surface area contributed by atoms with E-state index in [1.54, 1.807) is 0 Å². The fourth-order valence-electron chi connectivity index (χ4n) is 3.81. The van der Waals surface area contributed by atoms with Crippen molar-refractivity contribution in [2.75, 3.05) is 19.7 Å². The maximum absolute atomic E-state index is 12.6. The van der Waals surface area contributed by atoms with Crippen LogP contribution in [0, 0.1) is 5.92 Å². The van der Waals surface area contributed by atoms with E-state index in [0.29, 0.717) is 12.5 Å². The number of benzene rings is 2. The number of ether oxygens (including phenoxy) is 1. The first-order chi connectivity index (χ1) is 12.6. The normalized spacial score (nSPS) is 20.5. The highest BCUT2D eigenvalue weighted by atomic mass is 16.5. The highest BCUT2D eigenvalue weighted by molar-refractivity contribution is 5.74. The van der Waals surface area contributed by atoms with Gasteiger partial charge in [-0.05, 0) is 29.5 Å². The molecule has 1 fully saturated rings. The molecular formula is C23H29NO2. The predicted octanol–water partition coefficient (Wildman–Crippen LogP) is 4.59. The Morgan fingerprint density at radius 2 is 1.77 bits per heavy atom. The Labute approximate surface area is 157 Å². The lowest BCUT2D eigenvalue weighted by Crippen LogP contribution is -2.25. The Balaban J connectivity index is 1.79. The van der Waals surface area contributed by atoms with Gasteiger partial charge in [0.25, 0.3) is 0 Å². The van der Waals surface area contributed by atoms with E-state index in [9.17, 15) is 4.79 Å². The second kappa shape index (κ2) is 8.50. The van der Waals surface area contributed by atoms with Crippen molar-refractivity contribution in [2.45, 2.75) is 39.2 Å². The van der Waals surface area contributed by atoms with Crippen molar-refractivity contribution in [3.8, 4) is 0 Å². The molecular weight excluding hydrogens is 322 g/mol. The summed E-state index contributed by atoms with van der Waals surface area (Å²) >= 11 is 0. The summed E-state index contributed by atoms with van der Waals surface area (Å²) in [5.74, 6) is 0.548. The van der Waals surface area contributed by atoms with Crippen LogP contribution < -0.4 is 0 Å². The van der Waals surface area contributed by atoms with Crippen molar-refractivity contribution >= 4 is 5.97 Å². The summed E-state index contributed by atoms with van der Waals surface area (Å²) in [6.07, 6.45) is 0. The van der Waals surface area contributed by atoms with Crippen molar-refractivity contribution in [2.24, 2.45) is 5.92 Å². The molecule has 0 aliphatic carbocycles. The molecule has 138 valence electrons. The van der Waals surface area contributed by atoms with Gasteiger partial charge in [-0.15, -0.1) is 0 Å². The molecule has 0 amide bonds. The van der Waals surface area contributed by atoms with Crippen LogP contribution in [0.25, 0.3) is 0 Å². The number of carbonyl (C=O) groups excluding carboxylic acids is 1. The molecule has 0 bridgehead atoms. The topological polar surface area (TPSA) is 29.5 Å². The van der Waals surface area contributed by atoms with Crippen LogP contribution in [0.15, 0.2) is 54.6 Å². The SMILES string of the molecule is CCOC(=O)C1CN(Cc2ccccc2)CC1c1ccc(C(C)C)cc1. The molecule has 0 radical (unpaired) electrons. The van der Waals surface area contributed by atoms with Gasteiger partial charge in [0.1, 0.15) is 0 Å². The minimum Gasteiger partial charge on any atom is -0.466 e. The van der Waals surface area contributed by atoms with E-state index in [0.717, 1.165) is 19.6 Å². The Bertz CT molecular complexity index is 709. The Hall–Kier alpha value is -2.13. The van der Waals surface area contributed by atoms with E-state index in [1.807, 2.05) is 13.0 Å². The highest BCUT2D eigenvalue weighted by Gasteiger charge is 2.39. The standard InChI is InChI=1S/C23H29NO2/c1-4-26-23(25)22-16-24(14-18-8-6-5-7-9-18)15-21(22)20-12-10-19(11-13-20)17(2)3/h5-13,17,21-22H,4,14-16H2,1-3H3. The Morgan fingerprint density at radius 1 is 1.08 bits per heavy atom. The van der Waals surface area contributed by atoms with Crippen molar-refractivity contribution in [1.82, 2.24) is 4.90 Å². The number of hydrogen-bond donors (Lipinski definition) is 0. The molecule has 2 unspecified atom stereocenters. The van der Waals surface area contributed by atoms with Gasteiger partial charge in [0.05, 0.1) is 12.5 Å². The molecule has 26 heavy (non-hydrogen) atoms. The van der Waals surface area contributed by atoms with E-state index < -0.39 is 0 Å². The molecule has 2 aromatic rings. The van der Waals surface area contributed by atoms with Crippen LogP contribution >= 0.6 is 0 Å². The molecule has 0 N–H and O–H groups in total. The molecule has 3 rings (SSSR count). The van der Waals surface area contributed by atoms with Gasteiger partial charge in [-0.1, -0.05) is 68.4 Å². The van der Waals surface area contributed by atoms with E-state index in [4.69, 9.17) is 4.74 Å². The molecule has 0 spiro atoms. The van der Waals surface area contributed by atoms with Crippen LogP contribution in [0.1, 0.15) is 49.3 Å². The fraction of sp³-hybridized carbons (Fsp3) is 0.435. The third-order valence-corrected chi connectivity index (χ3v) is 5.27. The molecule has 2 atom stereocenters. The van der Waals surface area contributed by atoms with Crippen molar-refractivity contribution in [3.05, 3.63) is 71.3 Å². The number of likely N-dealkylation sites (tertiary alicyclic amines) is 1. The summed E-state index contributed by atoms with van der Waals surface area (Å²) < 4.78 is 5.37. The van der Waals surface area contributed by atoms with Gasteiger partial charge in [0.15, 0.2) is 0 Å². The van der Waals surface area contributed by atoms with Crippen LogP contribution in [-0.4, -0.2) is 30.6 Å². The summed E-state index contributed by atoms with van der Waals surface area (Å²) in [5, 5.41) is 0. The number of nitrogens with zero attached hydrogens (tertiary/aromatic N) is 1. The Kier molecular flexibility index (Phi) is 6.10. The summed E-state index contributed by atoms with van der Waals surface area (Å²) in [5.41, 5.74) is 3.86. The second-order valence-electron chi connectivity index (χ2n) is 7.47. The zero-order valence-corrected chi connectivity index (χ0v) is 16.0. The average molecular weight is 351 g/mol. The largest absolute Gasteiger partial charge is 0.466 e. The van der Waals surface area contributed by atoms with Gasteiger partial charge in [-0.25, -0.2) is 0 Å². The quantitative estimate of drug-likeness (QED) is 0.713. The van der Waals surface area contributed by atoms with Crippen LogP contribution in [0.2, 0.25) is 0 Å². The molecule has 1 heterocycles. The third-order valence-electron chi connectivity index (χ3n) is 5.27. The van der Waals surface area contributed by atoms with Gasteiger partial charge in [0.2, 0.25) is 0 Å². The van der Waals surface area contributed by atoms with E-state index in [2.05, 4.69) is 67.3 Å². The first-order valence-corrected chi connectivity index (χ1v) is 9.61. The zero-order valence-electron chi connectivity index (χ0n) is 16.0. The smallest absolute Gasteiger partial charge is 0.310 e. The first-order valence-electron chi connectivity index (χ1n) is 9.61. The molecule has 0 saturated carbocycles. The monoisotopic (exact) mass is 351 g/mol. The van der Waals surface area contributed by atoms with E-state index in [1.165, 1.54) is 16.7 Å². The molecule has 3 nitrogen and oxygen atoms in total. The lowest BCUT2D eigenvalue weighted by atomic mass is 9.88. The molecule has 2 aromatic carbocycles. The fourth-order valence-corrected chi connectivity index (χ4v) is 3.81. The summed E-state index contributed by atoms with van der Waals surface area (Å²) in [6, 6.07) is 19.2. The first kappa shape index (κ1) is 18.7. The van der Waals surface area contributed by atoms with Crippen LogP contribution in [-0.2, 0) is 16.1 Å². The maximum atomic E-state index is 12.6. The van der Waals surface area contributed by atoms with E-state index >= 15 is 0 Å². The van der Waals surface area contributed by atoms with Crippen molar-refractivity contribution in [1.29, 1.82) is 0 Å². The number of esters is 1. The number of hydrogen-bond acceptors (Lipinski definition) is 3. The van der Waals surface area contributed by atoms with E-state index in [-0.39, 0.29) is 17.8 Å². The summed E-state index contributed by atoms with van der Waals surface area (Å²) in [4.78, 5) is 14.9. The molecule has 0 aromatic heterocycles. The summed E-state index contributed by atoms with van der Waals surface area (Å²) in [7, 11) is 0. The molecule has 1 aliphatic rings. The van der Waals surface area contributed by atoms with Gasteiger partial charge >= 0.3 is 5.97 Å². The minimum atomic E-state index is -0.0939. The highest BCUT2D eigenvalue weighted by Crippen LogP contribution is 2.35. The minimum absolute atomic E-state index is 0.0685. The predicted molar refractivity (Wildman–Crippen MR) is 105 cm³/mol. The maximum Gasteiger partial charge on any atom is 0.310 e. The van der Waals surface area contributed by atoms with Gasteiger partial charge in [-0.2, -0.15) is 0 Å². The molecule has 1 saturated heterocycles. The second-order valence-corrected chi connectivity index (χ2v) is 7.47. The van der Waals surface area contributed by atoms with Gasteiger partial charge in [-0.3, -0.25) is 9.69 Å². The number of carbonyl (C=O) groups is 1. The number of rotatable bonds is 6. The lowest BCUT2D eigenvalue weighted by Gasteiger charge is -2.18. The van der Waals surface area contributed by atoms with Crippen LogP contribution in [0.3, 0.4) is 0 Å². The zero-order chi connectivity index (χ0) is 18.5. The molecule has 1 aliphatic heterocycles. The van der Waals surface area contributed by atoms with Crippen molar-refractivity contribution in [3.63, 3.8) is 0 Å². The van der Waals surface area contributed by atoms with Crippen LogP contribution in [0.5, 0.6) is 0 Å². The average Bonchev–Trinajstić information content (AvgIpc) is 3.07. The van der Waals surface area contributed by atoms with Crippen molar-refractivity contribution < 1.29 is 9.53 Å².